The van der Waals surface area contributed by atoms with E-state index in [2.05, 4.69) is 26.1 Å². The summed E-state index contributed by atoms with van der Waals surface area (Å²) >= 11 is 0. The third-order valence-corrected chi connectivity index (χ3v) is 2.55. The molecule has 4 heteroatoms. The summed E-state index contributed by atoms with van der Waals surface area (Å²) in [6.45, 7) is 7.78. The van der Waals surface area contributed by atoms with Crippen LogP contribution in [0.1, 0.15) is 26.3 Å². The molecular weight excluding hydrogens is 242 g/mol. The summed E-state index contributed by atoms with van der Waals surface area (Å²) in [7, 11) is 1.56. The predicted molar refractivity (Wildman–Crippen MR) is 76.4 cm³/mol. The first kappa shape index (κ1) is 16.0. The van der Waals surface area contributed by atoms with Crippen LogP contribution in [0.15, 0.2) is 24.3 Å². The van der Waals surface area contributed by atoms with Gasteiger partial charge in [-0.05, 0) is 38.5 Å². The second kappa shape index (κ2) is 7.48. The number of aliphatic hydroxyl groups is 1. The second-order valence-corrected chi connectivity index (χ2v) is 5.67. The minimum Gasteiger partial charge on any atom is -0.491 e. The van der Waals surface area contributed by atoms with Gasteiger partial charge in [0, 0.05) is 19.2 Å². The van der Waals surface area contributed by atoms with Crippen LogP contribution in [-0.2, 0) is 11.3 Å². The summed E-state index contributed by atoms with van der Waals surface area (Å²) in [6.07, 6.45) is -0.591. The molecule has 0 saturated heterocycles. The molecule has 0 amide bonds. The molecule has 0 aliphatic heterocycles. The van der Waals surface area contributed by atoms with Crippen LogP contribution in [0.4, 0.5) is 0 Å². The van der Waals surface area contributed by atoms with E-state index in [0.29, 0.717) is 0 Å². The number of rotatable bonds is 7. The van der Waals surface area contributed by atoms with Crippen molar-refractivity contribution in [1.82, 2.24) is 5.32 Å². The van der Waals surface area contributed by atoms with Crippen LogP contribution in [0.5, 0.6) is 5.75 Å². The second-order valence-electron chi connectivity index (χ2n) is 5.67. The lowest BCUT2D eigenvalue weighted by Gasteiger charge is -2.20. The highest BCUT2D eigenvalue weighted by atomic mass is 16.5. The summed E-state index contributed by atoms with van der Waals surface area (Å²) in [4.78, 5) is 0. The molecule has 0 bridgehead atoms. The standard InChI is InChI=1S/C15H25NO3/c1-15(2,3)16-9-12-5-7-14(8-6-12)19-11-13(17)10-18-4/h5-8,13,16-17H,9-11H2,1-4H3. The van der Waals surface area contributed by atoms with Gasteiger partial charge in [-0.25, -0.2) is 0 Å². The molecule has 0 aliphatic rings. The number of hydrogen-bond donors (Lipinski definition) is 2. The molecule has 0 saturated carbocycles. The summed E-state index contributed by atoms with van der Waals surface area (Å²) in [5, 5.41) is 12.9. The van der Waals surface area contributed by atoms with Gasteiger partial charge >= 0.3 is 0 Å². The molecule has 1 aromatic carbocycles. The molecule has 1 aromatic rings. The van der Waals surface area contributed by atoms with Gasteiger partial charge in [0.25, 0.3) is 0 Å². The Labute approximate surface area is 115 Å². The van der Waals surface area contributed by atoms with Crippen LogP contribution in [0, 0.1) is 0 Å². The number of methoxy groups -OCH3 is 1. The van der Waals surface area contributed by atoms with E-state index in [0.717, 1.165) is 12.3 Å². The zero-order valence-electron chi connectivity index (χ0n) is 12.3. The number of aliphatic hydroxyl groups excluding tert-OH is 1. The van der Waals surface area contributed by atoms with Crippen LogP contribution in [0.25, 0.3) is 0 Å². The van der Waals surface area contributed by atoms with Crippen molar-refractivity contribution in [3.8, 4) is 5.75 Å². The van der Waals surface area contributed by atoms with Crippen molar-refractivity contribution in [3.05, 3.63) is 29.8 Å². The van der Waals surface area contributed by atoms with Gasteiger partial charge in [-0.3, -0.25) is 0 Å². The van der Waals surface area contributed by atoms with E-state index < -0.39 is 6.10 Å². The van der Waals surface area contributed by atoms with Gasteiger partial charge in [0.1, 0.15) is 18.5 Å². The van der Waals surface area contributed by atoms with Gasteiger partial charge in [-0.15, -0.1) is 0 Å². The van der Waals surface area contributed by atoms with Crippen LogP contribution < -0.4 is 10.1 Å². The molecule has 4 nitrogen and oxygen atoms in total. The first-order valence-corrected chi connectivity index (χ1v) is 6.54. The highest BCUT2D eigenvalue weighted by Crippen LogP contribution is 2.13. The van der Waals surface area contributed by atoms with Crippen LogP contribution in [-0.4, -0.2) is 37.1 Å². The molecule has 0 heterocycles. The zero-order chi connectivity index (χ0) is 14.3. The fourth-order valence-electron chi connectivity index (χ4n) is 1.50. The normalized spacial score (nSPS) is 13.3. The lowest BCUT2D eigenvalue weighted by Crippen LogP contribution is -2.35. The average molecular weight is 267 g/mol. The Morgan fingerprint density at radius 1 is 1.16 bits per heavy atom. The summed E-state index contributed by atoms with van der Waals surface area (Å²) < 4.78 is 10.3. The number of nitrogens with one attached hydrogen (secondary N) is 1. The molecule has 2 N–H and O–H groups in total. The topological polar surface area (TPSA) is 50.7 Å². The van der Waals surface area contributed by atoms with Crippen molar-refractivity contribution in [1.29, 1.82) is 0 Å². The van der Waals surface area contributed by atoms with E-state index in [9.17, 15) is 5.11 Å². The Bertz CT molecular complexity index is 357. The van der Waals surface area contributed by atoms with Gasteiger partial charge in [-0.1, -0.05) is 12.1 Å². The largest absolute Gasteiger partial charge is 0.491 e. The highest BCUT2D eigenvalue weighted by molar-refractivity contribution is 5.27. The average Bonchev–Trinajstić information content (AvgIpc) is 2.34. The summed E-state index contributed by atoms with van der Waals surface area (Å²) in [5.41, 5.74) is 1.32. The van der Waals surface area contributed by atoms with Crippen molar-refractivity contribution in [2.75, 3.05) is 20.3 Å². The third-order valence-electron chi connectivity index (χ3n) is 2.55. The molecule has 1 rings (SSSR count). The zero-order valence-corrected chi connectivity index (χ0v) is 12.3. The number of ether oxygens (including phenoxy) is 2. The summed E-state index contributed by atoms with van der Waals surface area (Å²) in [6, 6.07) is 7.88. The monoisotopic (exact) mass is 267 g/mol. The van der Waals surface area contributed by atoms with Crippen molar-refractivity contribution in [2.45, 2.75) is 39.0 Å². The molecule has 1 unspecified atom stereocenters. The predicted octanol–water partition coefficient (Wildman–Crippen LogP) is 1.96. The van der Waals surface area contributed by atoms with E-state index in [4.69, 9.17) is 9.47 Å². The van der Waals surface area contributed by atoms with Crippen molar-refractivity contribution in [2.24, 2.45) is 0 Å². The smallest absolute Gasteiger partial charge is 0.119 e. The first-order valence-electron chi connectivity index (χ1n) is 6.54. The first-order chi connectivity index (χ1) is 8.90. The van der Waals surface area contributed by atoms with E-state index >= 15 is 0 Å². The summed E-state index contributed by atoms with van der Waals surface area (Å²) in [5.74, 6) is 0.759. The van der Waals surface area contributed by atoms with Crippen LogP contribution >= 0.6 is 0 Å². The van der Waals surface area contributed by atoms with Gasteiger partial charge in [0.15, 0.2) is 0 Å². The fourth-order valence-corrected chi connectivity index (χ4v) is 1.50. The third kappa shape index (κ3) is 7.15. The van der Waals surface area contributed by atoms with Crippen molar-refractivity contribution >= 4 is 0 Å². The quantitative estimate of drug-likeness (QED) is 0.793. The molecule has 108 valence electrons. The lowest BCUT2D eigenvalue weighted by molar-refractivity contribution is 0.0325. The molecule has 0 aromatic heterocycles. The highest BCUT2D eigenvalue weighted by Gasteiger charge is 2.08. The van der Waals surface area contributed by atoms with Gasteiger partial charge in [0.05, 0.1) is 6.61 Å². The van der Waals surface area contributed by atoms with Crippen LogP contribution in [0.3, 0.4) is 0 Å². The Kier molecular flexibility index (Phi) is 6.28. The molecule has 0 spiro atoms. The van der Waals surface area contributed by atoms with Gasteiger partial charge in [-0.2, -0.15) is 0 Å². The SMILES string of the molecule is COCC(O)COc1ccc(CNC(C)(C)C)cc1. The maximum absolute atomic E-state index is 9.48. The van der Waals surface area contributed by atoms with E-state index in [1.807, 2.05) is 24.3 Å². The molecule has 1 atom stereocenters. The molecule has 0 radical (unpaired) electrons. The van der Waals surface area contributed by atoms with Gasteiger partial charge in [0.2, 0.25) is 0 Å². The van der Waals surface area contributed by atoms with Crippen molar-refractivity contribution < 1.29 is 14.6 Å². The Morgan fingerprint density at radius 2 is 1.79 bits per heavy atom. The van der Waals surface area contributed by atoms with Crippen LogP contribution in [0.2, 0.25) is 0 Å². The number of hydrogen-bond acceptors (Lipinski definition) is 4. The van der Waals surface area contributed by atoms with Crippen molar-refractivity contribution in [3.63, 3.8) is 0 Å². The lowest BCUT2D eigenvalue weighted by atomic mass is 10.1. The minimum atomic E-state index is -0.591. The molecular formula is C15H25NO3. The van der Waals surface area contributed by atoms with E-state index in [1.165, 1.54) is 5.56 Å². The van der Waals surface area contributed by atoms with E-state index in [-0.39, 0.29) is 18.8 Å². The molecule has 0 aliphatic carbocycles. The minimum absolute atomic E-state index is 0.111. The number of benzene rings is 1. The van der Waals surface area contributed by atoms with Gasteiger partial charge < -0.3 is 19.9 Å². The molecule has 19 heavy (non-hydrogen) atoms. The Morgan fingerprint density at radius 3 is 2.32 bits per heavy atom. The Hall–Kier alpha value is -1.10. The van der Waals surface area contributed by atoms with E-state index in [1.54, 1.807) is 7.11 Å². The maximum atomic E-state index is 9.48. The molecule has 0 fully saturated rings. The maximum Gasteiger partial charge on any atom is 0.119 e. The Balaban J connectivity index is 2.39. The fraction of sp³-hybridized carbons (Fsp3) is 0.600.